The van der Waals surface area contributed by atoms with Gasteiger partial charge in [0.2, 0.25) is 11.8 Å². The number of nitrogens with zero attached hydrogens (tertiary/aromatic N) is 3. The summed E-state index contributed by atoms with van der Waals surface area (Å²) in [6.07, 6.45) is 8.20. The zero-order valence-corrected chi connectivity index (χ0v) is 13.5. The Hall–Kier alpha value is -3.29. The molecule has 3 rings (SSSR count). The van der Waals surface area contributed by atoms with Crippen molar-refractivity contribution in [1.29, 1.82) is 0 Å². The number of aromatic amines is 1. The maximum Gasteiger partial charge on any atom is 0.250 e. The van der Waals surface area contributed by atoms with Crippen molar-refractivity contribution in [1.82, 2.24) is 19.9 Å². The van der Waals surface area contributed by atoms with Crippen molar-refractivity contribution in [3.63, 3.8) is 0 Å². The van der Waals surface area contributed by atoms with E-state index >= 15 is 0 Å². The van der Waals surface area contributed by atoms with Crippen LogP contribution in [0.3, 0.4) is 0 Å². The molecule has 0 spiro atoms. The summed E-state index contributed by atoms with van der Waals surface area (Å²) in [5, 5.41) is 0. The molecule has 0 radical (unpaired) electrons. The number of H-pyrrole nitrogens is 1. The maximum atomic E-state index is 14.1. The monoisotopic (exact) mass is 341 g/mol. The molecule has 0 aliphatic heterocycles. The van der Waals surface area contributed by atoms with Gasteiger partial charge in [-0.05, 0) is 18.6 Å². The van der Waals surface area contributed by atoms with Crippen molar-refractivity contribution in [2.24, 2.45) is 5.73 Å². The van der Waals surface area contributed by atoms with Gasteiger partial charge in [0.15, 0.2) is 11.5 Å². The van der Waals surface area contributed by atoms with Gasteiger partial charge >= 0.3 is 0 Å². The molecular weight excluding hydrogens is 325 g/mol. The summed E-state index contributed by atoms with van der Waals surface area (Å²) in [6, 6.07) is 1.30. The molecule has 0 saturated carbocycles. The largest absolute Gasteiger partial charge is 0.476 e. The standard InChI is InChI=1S/C17H16FN5O2/c1-2-5-25-17-12(18)6-11(8-22-17)13-9-21-16-15(23-13)10(7-20-16)3-4-14(19)24/h3-4,6-9H,2,5H2,1H3,(H2,19,24)(H,20,21)/b4-3+. The highest BCUT2D eigenvalue weighted by Gasteiger charge is 2.11. The van der Waals surface area contributed by atoms with E-state index in [4.69, 9.17) is 10.5 Å². The topological polar surface area (TPSA) is 107 Å². The number of nitrogens with two attached hydrogens (primary N) is 1. The summed E-state index contributed by atoms with van der Waals surface area (Å²) >= 11 is 0. The van der Waals surface area contributed by atoms with Crippen molar-refractivity contribution < 1.29 is 13.9 Å². The van der Waals surface area contributed by atoms with Crippen LogP contribution >= 0.6 is 0 Å². The smallest absolute Gasteiger partial charge is 0.250 e. The van der Waals surface area contributed by atoms with Crippen molar-refractivity contribution in [2.75, 3.05) is 6.61 Å². The molecule has 0 aliphatic rings. The number of carbonyl (C=O) groups excluding carboxylic acids is 1. The number of hydrogen-bond donors (Lipinski definition) is 2. The molecule has 3 aromatic rings. The summed E-state index contributed by atoms with van der Waals surface area (Å²) in [7, 11) is 0. The summed E-state index contributed by atoms with van der Waals surface area (Å²) in [5.41, 5.74) is 7.77. The number of amides is 1. The van der Waals surface area contributed by atoms with E-state index in [1.165, 1.54) is 24.5 Å². The Morgan fingerprint density at radius 3 is 2.96 bits per heavy atom. The minimum atomic E-state index is -0.563. The fourth-order valence-electron chi connectivity index (χ4n) is 2.22. The second-order valence-electron chi connectivity index (χ2n) is 5.29. The van der Waals surface area contributed by atoms with Gasteiger partial charge in [0.05, 0.1) is 18.5 Å². The normalized spacial score (nSPS) is 11.3. The molecule has 3 N–H and O–H groups in total. The van der Waals surface area contributed by atoms with E-state index in [1.807, 2.05) is 6.92 Å². The Morgan fingerprint density at radius 2 is 2.24 bits per heavy atom. The molecule has 1 amide bonds. The molecule has 3 heterocycles. The Morgan fingerprint density at radius 1 is 1.40 bits per heavy atom. The predicted octanol–water partition coefficient (Wildman–Crippen LogP) is 2.45. The number of rotatable bonds is 6. The van der Waals surface area contributed by atoms with Gasteiger partial charge in [-0.15, -0.1) is 0 Å². The van der Waals surface area contributed by atoms with Gasteiger partial charge in [-0.2, -0.15) is 0 Å². The van der Waals surface area contributed by atoms with Crippen LogP contribution in [0.5, 0.6) is 5.88 Å². The first-order chi connectivity index (χ1) is 12.1. The van der Waals surface area contributed by atoms with Crippen LogP contribution in [0, 0.1) is 5.82 Å². The summed E-state index contributed by atoms with van der Waals surface area (Å²) in [4.78, 5) is 26.6. The van der Waals surface area contributed by atoms with Crippen molar-refractivity contribution >= 4 is 23.1 Å². The van der Waals surface area contributed by atoms with E-state index in [0.717, 1.165) is 6.42 Å². The lowest BCUT2D eigenvalue weighted by atomic mass is 10.2. The Balaban J connectivity index is 1.97. The van der Waals surface area contributed by atoms with E-state index in [9.17, 15) is 9.18 Å². The van der Waals surface area contributed by atoms with Crippen molar-refractivity contribution in [2.45, 2.75) is 13.3 Å². The third kappa shape index (κ3) is 3.63. The molecule has 25 heavy (non-hydrogen) atoms. The number of halogens is 1. The van der Waals surface area contributed by atoms with Crippen LogP contribution in [0.4, 0.5) is 4.39 Å². The number of nitrogens with one attached hydrogen (secondary N) is 1. The third-order valence-electron chi connectivity index (χ3n) is 3.38. The van der Waals surface area contributed by atoms with Crippen LogP contribution in [0.15, 0.2) is 30.7 Å². The second kappa shape index (κ2) is 7.08. The zero-order chi connectivity index (χ0) is 17.8. The predicted molar refractivity (Wildman–Crippen MR) is 91.1 cm³/mol. The summed E-state index contributed by atoms with van der Waals surface area (Å²) < 4.78 is 19.3. The lowest BCUT2D eigenvalue weighted by Crippen LogP contribution is -2.05. The molecule has 0 bridgehead atoms. The van der Waals surface area contributed by atoms with Crippen LogP contribution in [0.1, 0.15) is 18.9 Å². The maximum absolute atomic E-state index is 14.1. The van der Waals surface area contributed by atoms with E-state index < -0.39 is 11.7 Å². The van der Waals surface area contributed by atoms with Gasteiger partial charge in [-0.25, -0.2) is 19.3 Å². The van der Waals surface area contributed by atoms with Crippen LogP contribution < -0.4 is 10.5 Å². The fourth-order valence-corrected chi connectivity index (χ4v) is 2.22. The number of hydrogen-bond acceptors (Lipinski definition) is 5. The van der Waals surface area contributed by atoms with Gasteiger partial charge in [-0.1, -0.05) is 6.92 Å². The molecule has 0 atom stereocenters. The van der Waals surface area contributed by atoms with Gasteiger partial charge < -0.3 is 15.5 Å². The zero-order valence-electron chi connectivity index (χ0n) is 13.5. The average molecular weight is 341 g/mol. The van der Waals surface area contributed by atoms with Gasteiger partial charge in [0, 0.05) is 29.6 Å². The van der Waals surface area contributed by atoms with Gasteiger partial charge in [0.1, 0.15) is 5.52 Å². The van der Waals surface area contributed by atoms with E-state index in [1.54, 1.807) is 12.3 Å². The number of primary amides is 1. The Kier molecular flexibility index (Phi) is 4.69. The van der Waals surface area contributed by atoms with Gasteiger partial charge in [0.25, 0.3) is 0 Å². The quantitative estimate of drug-likeness (QED) is 0.670. The molecule has 0 aromatic carbocycles. The first-order valence-electron chi connectivity index (χ1n) is 7.69. The number of carbonyl (C=O) groups is 1. The number of pyridine rings is 1. The molecule has 0 unspecified atom stereocenters. The van der Waals surface area contributed by atoms with Crippen LogP contribution in [-0.2, 0) is 4.79 Å². The highest BCUT2D eigenvalue weighted by molar-refractivity contribution is 5.93. The lowest BCUT2D eigenvalue weighted by Gasteiger charge is -2.06. The van der Waals surface area contributed by atoms with Gasteiger partial charge in [-0.3, -0.25) is 4.79 Å². The fraction of sp³-hybridized carbons (Fsp3) is 0.176. The molecular formula is C17H16FN5O2. The van der Waals surface area contributed by atoms with Crippen molar-refractivity contribution in [3.05, 3.63) is 42.1 Å². The average Bonchev–Trinajstić information content (AvgIpc) is 3.01. The van der Waals surface area contributed by atoms with Crippen LogP contribution in [0.25, 0.3) is 28.5 Å². The number of fused-ring (bicyclic) bond motifs is 1. The summed E-state index contributed by atoms with van der Waals surface area (Å²) in [5.74, 6) is -1.16. The van der Waals surface area contributed by atoms with E-state index in [-0.39, 0.29) is 5.88 Å². The molecule has 128 valence electrons. The lowest BCUT2D eigenvalue weighted by molar-refractivity contribution is -0.113. The first-order valence-corrected chi connectivity index (χ1v) is 7.69. The first kappa shape index (κ1) is 16.6. The molecule has 0 saturated heterocycles. The van der Waals surface area contributed by atoms with Crippen LogP contribution in [-0.4, -0.2) is 32.4 Å². The molecule has 0 aliphatic carbocycles. The van der Waals surface area contributed by atoms with Crippen LogP contribution in [0.2, 0.25) is 0 Å². The highest BCUT2D eigenvalue weighted by atomic mass is 19.1. The SMILES string of the molecule is CCCOc1ncc(-c2cnc3[nH]cc(/C=C/C(N)=O)c3n2)cc1F. The van der Waals surface area contributed by atoms with Crippen molar-refractivity contribution in [3.8, 4) is 17.1 Å². The number of ether oxygens (including phenoxy) is 1. The van der Waals surface area contributed by atoms with E-state index in [0.29, 0.717) is 34.6 Å². The minimum absolute atomic E-state index is 0.0358. The minimum Gasteiger partial charge on any atom is -0.476 e. The third-order valence-corrected chi connectivity index (χ3v) is 3.38. The second-order valence-corrected chi connectivity index (χ2v) is 5.29. The molecule has 3 aromatic heterocycles. The summed E-state index contributed by atoms with van der Waals surface area (Å²) in [6.45, 7) is 2.33. The number of aromatic nitrogens is 4. The highest BCUT2D eigenvalue weighted by Crippen LogP contribution is 2.24. The molecule has 0 fully saturated rings. The Labute approximate surface area is 142 Å². The molecule has 7 nitrogen and oxygen atoms in total. The van der Waals surface area contributed by atoms with E-state index in [2.05, 4.69) is 19.9 Å². The Bertz CT molecular complexity index is 951. The molecule has 8 heteroatoms.